The monoisotopic (exact) mass is 339 g/mol. The highest BCUT2D eigenvalue weighted by Gasteiger charge is 2.32. The fourth-order valence-electron chi connectivity index (χ4n) is 2.96. The molecule has 0 radical (unpaired) electrons. The lowest BCUT2D eigenvalue weighted by Gasteiger charge is -2.39. The van der Waals surface area contributed by atoms with Crippen LogP contribution in [-0.4, -0.2) is 24.3 Å². The van der Waals surface area contributed by atoms with E-state index in [4.69, 9.17) is 0 Å². The first-order valence-electron chi connectivity index (χ1n) is 7.72. The Bertz CT molecular complexity index is 416. The van der Waals surface area contributed by atoms with E-state index in [-0.39, 0.29) is 12.0 Å². The zero-order valence-electron chi connectivity index (χ0n) is 12.5. The van der Waals surface area contributed by atoms with Gasteiger partial charge in [0.2, 0.25) is 0 Å². The molecule has 112 valence electrons. The third-order valence-electron chi connectivity index (χ3n) is 5.06. The van der Waals surface area contributed by atoms with Gasteiger partial charge >= 0.3 is 0 Å². The second-order valence-electron chi connectivity index (χ2n) is 6.17. The molecule has 2 rings (SSSR count). The highest BCUT2D eigenvalue weighted by atomic mass is 79.9. The summed E-state index contributed by atoms with van der Waals surface area (Å²) in [7, 11) is 0. The Labute approximate surface area is 131 Å². The minimum Gasteiger partial charge on any atom is -0.396 e. The number of aliphatic hydroxyl groups is 1. The number of rotatable bonds is 7. The fraction of sp³-hybridized carbons (Fsp3) is 0.647. The summed E-state index contributed by atoms with van der Waals surface area (Å²) in [6, 6.07) is 9.27. The van der Waals surface area contributed by atoms with E-state index in [2.05, 4.69) is 59.4 Å². The molecule has 2 N–H and O–H groups in total. The van der Waals surface area contributed by atoms with Crippen molar-refractivity contribution in [2.45, 2.75) is 51.5 Å². The molecule has 1 aromatic rings. The maximum atomic E-state index is 9.60. The molecule has 1 aliphatic carbocycles. The highest BCUT2D eigenvalue weighted by molar-refractivity contribution is 9.10. The number of aliphatic hydroxyl groups excluding tert-OH is 1. The molecule has 0 unspecified atom stereocenters. The Morgan fingerprint density at radius 1 is 1.30 bits per heavy atom. The molecule has 1 fully saturated rings. The number of benzene rings is 1. The molecule has 0 heterocycles. The van der Waals surface area contributed by atoms with Gasteiger partial charge in [-0.3, -0.25) is 0 Å². The highest BCUT2D eigenvalue weighted by Crippen LogP contribution is 2.38. The summed E-state index contributed by atoms with van der Waals surface area (Å²) in [5.74, 6) is 0.691. The lowest BCUT2D eigenvalue weighted by molar-refractivity contribution is 0.103. The summed E-state index contributed by atoms with van der Waals surface area (Å²) < 4.78 is 1.17. The first kappa shape index (κ1) is 16.0. The molecular weight excluding hydrogens is 314 g/mol. The largest absolute Gasteiger partial charge is 0.396 e. The van der Waals surface area contributed by atoms with Gasteiger partial charge in [0, 0.05) is 29.1 Å². The van der Waals surface area contributed by atoms with E-state index in [1.165, 1.54) is 22.9 Å². The summed E-state index contributed by atoms with van der Waals surface area (Å²) in [5.41, 5.74) is 1.51. The predicted octanol–water partition coefficient (Wildman–Crippen LogP) is 4.08. The maximum absolute atomic E-state index is 9.60. The van der Waals surface area contributed by atoms with Crippen LogP contribution in [-0.2, 0) is 0 Å². The Morgan fingerprint density at radius 2 is 2.00 bits per heavy atom. The van der Waals surface area contributed by atoms with Crippen LogP contribution in [0.25, 0.3) is 0 Å². The zero-order chi connectivity index (χ0) is 14.6. The van der Waals surface area contributed by atoms with Crippen molar-refractivity contribution in [2.24, 2.45) is 5.41 Å². The Kier molecular flexibility index (Phi) is 5.65. The second kappa shape index (κ2) is 7.06. The van der Waals surface area contributed by atoms with Crippen molar-refractivity contribution in [3.05, 3.63) is 34.3 Å². The van der Waals surface area contributed by atoms with Crippen molar-refractivity contribution in [1.29, 1.82) is 0 Å². The molecule has 0 atom stereocenters. The molecule has 1 aromatic carbocycles. The van der Waals surface area contributed by atoms with Gasteiger partial charge in [0.05, 0.1) is 0 Å². The molecular formula is C17H26BrNO. The summed E-state index contributed by atoms with van der Waals surface area (Å²) >= 11 is 3.54. The first-order chi connectivity index (χ1) is 9.62. The Hall–Kier alpha value is -0.380. The van der Waals surface area contributed by atoms with Gasteiger partial charge in [0.1, 0.15) is 0 Å². The second-order valence-corrected chi connectivity index (χ2v) is 7.08. The number of halogens is 1. The number of hydrogen-bond acceptors (Lipinski definition) is 2. The van der Waals surface area contributed by atoms with Gasteiger partial charge in [-0.25, -0.2) is 0 Å². The fourth-order valence-corrected chi connectivity index (χ4v) is 3.37. The third kappa shape index (κ3) is 3.63. The van der Waals surface area contributed by atoms with E-state index in [0.29, 0.717) is 12.0 Å². The predicted molar refractivity (Wildman–Crippen MR) is 88.0 cm³/mol. The van der Waals surface area contributed by atoms with Crippen molar-refractivity contribution in [2.75, 3.05) is 13.2 Å². The first-order valence-corrected chi connectivity index (χ1v) is 8.51. The quantitative estimate of drug-likeness (QED) is 0.784. The van der Waals surface area contributed by atoms with E-state index in [1.54, 1.807) is 0 Å². The molecule has 0 spiro atoms. The van der Waals surface area contributed by atoms with Gasteiger partial charge in [0.25, 0.3) is 0 Å². The summed E-state index contributed by atoms with van der Waals surface area (Å²) in [4.78, 5) is 0. The van der Waals surface area contributed by atoms with Gasteiger partial charge in [-0.1, -0.05) is 41.9 Å². The number of hydrogen-bond donors (Lipinski definition) is 2. The summed E-state index contributed by atoms with van der Waals surface area (Å²) in [6.07, 6.45) is 4.50. The van der Waals surface area contributed by atoms with E-state index in [9.17, 15) is 5.11 Å². The van der Waals surface area contributed by atoms with Crippen LogP contribution < -0.4 is 5.32 Å². The molecule has 0 amide bonds. The SMILES string of the molecule is CCC(CC)(CO)CNC1CC(c2cccc(Br)c2)C1. The minimum absolute atomic E-state index is 0.0703. The van der Waals surface area contributed by atoms with Crippen LogP contribution in [0.3, 0.4) is 0 Å². The van der Waals surface area contributed by atoms with Gasteiger partial charge in [-0.2, -0.15) is 0 Å². The standard InChI is InChI=1S/C17H26BrNO/c1-3-17(4-2,12-20)11-19-16-9-14(10-16)13-6-5-7-15(18)8-13/h5-8,14,16,19-20H,3-4,9-12H2,1-2H3. The van der Waals surface area contributed by atoms with E-state index in [0.717, 1.165) is 19.4 Å². The van der Waals surface area contributed by atoms with Crippen LogP contribution in [0.15, 0.2) is 28.7 Å². The van der Waals surface area contributed by atoms with Crippen molar-refractivity contribution >= 4 is 15.9 Å². The molecule has 0 saturated heterocycles. The Morgan fingerprint density at radius 3 is 2.55 bits per heavy atom. The molecule has 1 saturated carbocycles. The minimum atomic E-state index is 0.0703. The lowest BCUT2D eigenvalue weighted by atomic mass is 9.75. The van der Waals surface area contributed by atoms with Crippen LogP contribution in [0.1, 0.15) is 51.0 Å². The van der Waals surface area contributed by atoms with Crippen LogP contribution in [0, 0.1) is 5.41 Å². The number of nitrogens with one attached hydrogen (secondary N) is 1. The van der Waals surface area contributed by atoms with Crippen molar-refractivity contribution < 1.29 is 5.11 Å². The van der Waals surface area contributed by atoms with Crippen molar-refractivity contribution in [3.63, 3.8) is 0 Å². The molecule has 20 heavy (non-hydrogen) atoms. The average molecular weight is 340 g/mol. The van der Waals surface area contributed by atoms with Gasteiger partial charge in [0.15, 0.2) is 0 Å². The Balaban J connectivity index is 1.79. The van der Waals surface area contributed by atoms with Gasteiger partial charge in [-0.05, 0) is 49.3 Å². The van der Waals surface area contributed by atoms with Gasteiger partial charge < -0.3 is 10.4 Å². The van der Waals surface area contributed by atoms with E-state index in [1.807, 2.05) is 0 Å². The topological polar surface area (TPSA) is 32.3 Å². The molecule has 0 aliphatic heterocycles. The van der Waals surface area contributed by atoms with Crippen LogP contribution in [0.5, 0.6) is 0 Å². The summed E-state index contributed by atoms with van der Waals surface area (Å²) in [5, 5.41) is 13.3. The lowest BCUT2D eigenvalue weighted by Crippen LogP contribution is -2.46. The van der Waals surface area contributed by atoms with E-state index >= 15 is 0 Å². The van der Waals surface area contributed by atoms with Crippen molar-refractivity contribution in [3.8, 4) is 0 Å². The maximum Gasteiger partial charge on any atom is 0.0499 e. The molecule has 0 aromatic heterocycles. The molecule has 1 aliphatic rings. The zero-order valence-corrected chi connectivity index (χ0v) is 14.1. The smallest absolute Gasteiger partial charge is 0.0499 e. The average Bonchev–Trinajstić information content (AvgIpc) is 2.42. The molecule has 0 bridgehead atoms. The van der Waals surface area contributed by atoms with Crippen LogP contribution in [0.2, 0.25) is 0 Å². The summed E-state index contributed by atoms with van der Waals surface area (Å²) in [6.45, 7) is 5.57. The van der Waals surface area contributed by atoms with E-state index < -0.39 is 0 Å². The van der Waals surface area contributed by atoms with Crippen LogP contribution in [0.4, 0.5) is 0 Å². The van der Waals surface area contributed by atoms with Crippen LogP contribution >= 0.6 is 15.9 Å². The molecule has 3 heteroatoms. The normalized spacial score (nSPS) is 22.6. The van der Waals surface area contributed by atoms with Gasteiger partial charge in [-0.15, -0.1) is 0 Å². The third-order valence-corrected chi connectivity index (χ3v) is 5.55. The van der Waals surface area contributed by atoms with Crippen molar-refractivity contribution in [1.82, 2.24) is 5.32 Å². The molecule has 2 nitrogen and oxygen atoms in total.